The van der Waals surface area contributed by atoms with Gasteiger partial charge in [-0.15, -0.1) is 0 Å². The normalized spacial score (nSPS) is 22.0. The topological polar surface area (TPSA) is 70.2 Å². The Kier molecular flexibility index (Phi) is 2.89. The number of carbonyl (C=O) groups is 1. The third-order valence-electron chi connectivity index (χ3n) is 3.64. The van der Waals surface area contributed by atoms with Crippen molar-refractivity contribution in [2.24, 2.45) is 0 Å². The minimum absolute atomic E-state index is 0.0362. The van der Waals surface area contributed by atoms with Gasteiger partial charge >= 0.3 is 0 Å². The molecular weight excluding hydrogens is 242 g/mol. The SMILES string of the molecule is Cc1nc(C(C)C)c2c(n1)N1CCNCC1C(=O)N2. The molecule has 6 nitrogen and oxygen atoms in total. The highest BCUT2D eigenvalue weighted by molar-refractivity contribution is 6.03. The Balaban J connectivity index is 2.14. The number of nitrogens with zero attached hydrogens (tertiary/aromatic N) is 3. The molecule has 0 radical (unpaired) electrons. The van der Waals surface area contributed by atoms with Gasteiger partial charge in [-0.25, -0.2) is 9.97 Å². The Hall–Kier alpha value is -1.69. The fourth-order valence-electron chi connectivity index (χ4n) is 2.72. The van der Waals surface area contributed by atoms with Crippen molar-refractivity contribution in [2.75, 3.05) is 29.9 Å². The van der Waals surface area contributed by atoms with Crippen LogP contribution in [0.25, 0.3) is 0 Å². The zero-order valence-electron chi connectivity index (χ0n) is 11.5. The Morgan fingerprint density at radius 1 is 1.37 bits per heavy atom. The number of rotatable bonds is 1. The summed E-state index contributed by atoms with van der Waals surface area (Å²) in [5, 5.41) is 6.24. The lowest BCUT2D eigenvalue weighted by molar-refractivity contribution is -0.117. The first kappa shape index (κ1) is 12.3. The van der Waals surface area contributed by atoms with E-state index in [4.69, 9.17) is 0 Å². The molecule has 1 unspecified atom stereocenters. The summed E-state index contributed by atoms with van der Waals surface area (Å²) in [5.74, 6) is 1.93. The Morgan fingerprint density at radius 2 is 2.16 bits per heavy atom. The lowest BCUT2D eigenvalue weighted by Gasteiger charge is -2.41. The molecule has 1 saturated heterocycles. The molecular formula is C13H19N5O. The maximum absolute atomic E-state index is 12.2. The summed E-state index contributed by atoms with van der Waals surface area (Å²) in [5.41, 5.74) is 1.72. The molecule has 1 fully saturated rings. The van der Waals surface area contributed by atoms with Gasteiger partial charge in [-0.1, -0.05) is 13.8 Å². The highest BCUT2D eigenvalue weighted by atomic mass is 16.2. The number of aromatic nitrogens is 2. The van der Waals surface area contributed by atoms with E-state index in [-0.39, 0.29) is 17.9 Å². The minimum atomic E-state index is -0.157. The summed E-state index contributed by atoms with van der Waals surface area (Å²) in [6, 6.07) is -0.157. The Morgan fingerprint density at radius 3 is 2.89 bits per heavy atom. The Bertz CT molecular complexity index is 528. The van der Waals surface area contributed by atoms with Crippen molar-refractivity contribution in [1.82, 2.24) is 15.3 Å². The molecule has 1 atom stereocenters. The zero-order valence-corrected chi connectivity index (χ0v) is 11.5. The zero-order chi connectivity index (χ0) is 13.6. The van der Waals surface area contributed by atoms with Crippen molar-refractivity contribution in [3.8, 4) is 0 Å². The van der Waals surface area contributed by atoms with Crippen LogP contribution in [0.15, 0.2) is 0 Å². The second-order valence-electron chi connectivity index (χ2n) is 5.41. The number of piperazine rings is 1. The lowest BCUT2D eigenvalue weighted by atomic mass is 10.0. The number of carbonyl (C=O) groups excluding carboxylic acids is 1. The summed E-state index contributed by atoms with van der Waals surface area (Å²) >= 11 is 0. The van der Waals surface area contributed by atoms with Crippen molar-refractivity contribution >= 4 is 17.4 Å². The number of fused-ring (bicyclic) bond motifs is 3. The van der Waals surface area contributed by atoms with Gasteiger partial charge in [0.1, 0.15) is 17.6 Å². The van der Waals surface area contributed by atoms with E-state index in [0.29, 0.717) is 6.54 Å². The summed E-state index contributed by atoms with van der Waals surface area (Å²) in [4.78, 5) is 23.3. The van der Waals surface area contributed by atoms with Crippen molar-refractivity contribution in [3.63, 3.8) is 0 Å². The molecule has 0 saturated carbocycles. The highest BCUT2D eigenvalue weighted by Gasteiger charge is 2.37. The van der Waals surface area contributed by atoms with Crippen LogP contribution in [-0.2, 0) is 4.79 Å². The standard InChI is InChI=1S/C13H19N5O/c1-7(2)10-11-12(16-8(3)15-10)18-5-4-14-6-9(18)13(19)17-11/h7,9,14H,4-6H2,1-3H3,(H,17,19). The number of nitrogens with one attached hydrogen (secondary N) is 2. The average molecular weight is 261 g/mol. The first-order valence-corrected chi connectivity index (χ1v) is 6.74. The molecule has 6 heteroatoms. The molecule has 102 valence electrons. The van der Waals surface area contributed by atoms with E-state index in [1.165, 1.54) is 0 Å². The Labute approximate surface area is 112 Å². The summed E-state index contributed by atoms with van der Waals surface area (Å²) in [7, 11) is 0. The van der Waals surface area contributed by atoms with Gasteiger partial charge in [0.2, 0.25) is 5.91 Å². The molecule has 2 aliphatic rings. The summed E-state index contributed by atoms with van der Waals surface area (Å²) in [6.45, 7) is 8.42. The quantitative estimate of drug-likeness (QED) is 0.776. The van der Waals surface area contributed by atoms with Crippen LogP contribution in [0.2, 0.25) is 0 Å². The number of amides is 1. The molecule has 2 N–H and O–H groups in total. The van der Waals surface area contributed by atoms with E-state index >= 15 is 0 Å². The third-order valence-corrected chi connectivity index (χ3v) is 3.64. The maximum Gasteiger partial charge on any atom is 0.248 e. The number of aryl methyl sites for hydroxylation is 1. The smallest absolute Gasteiger partial charge is 0.248 e. The van der Waals surface area contributed by atoms with Crippen LogP contribution in [0.3, 0.4) is 0 Å². The van der Waals surface area contributed by atoms with Gasteiger partial charge in [-0.05, 0) is 12.8 Å². The first-order valence-electron chi connectivity index (χ1n) is 6.74. The monoisotopic (exact) mass is 261 g/mol. The molecule has 2 aliphatic heterocycles. The molecule has 3 heterocycles. The van der Waals surface area contributed by atoms with E-state index in [0.717, 1.165) is 36.1 Å². The van der Waals surface area contributed by atoms with Gasteiger partial charge in [-0.3, -0.25) is 4.79 Å². The summed E-state index contributed by atoms with van der Waals surface area (Å²) in [6.07, 6.45) is 0. The average Bonchev–Trinajstić information content (AvgIpc) is 2.39. The number of anilines is 2. The lowest BCUT2D eigenvalue weighted by Crippen LogP contribution is -2.59. The third kappa shape index (κ3) is 1.96. The second-order valence-corrected chi connectivity index (χ2v) is 5.41. The van der Waals surface area contributed by atoms with E-state index in [1.54, 1.807) is 0 Å². The van der Waals surface area contributed by atoms with Gasteiger partial charge < -0.3 is 15.5 Å². The van der Waals surface area contributed by atoms with Gasteiger partial charge in [-0.2, -0.15) is 0 Å². The predicted molar refractivity (Wildman–Crippen MR) is 73.5 cm³/mol. The number of hydrogen-bond donors (Lipinski definition) is 2. The molecule has 1 amide bonds. The van der Waals surface area contributed by atoms with Gasteiger partial charge in [0.05, 0.1) is 5.69 Å². The second kappa shape index (κ2) is 4.45. The van der Waals surface area contributed by atoms with Gasteiger partial charge in [0.15, 0.2) is 5.82 Å². The molecule has 1 aromatic heterocycles. The van der Waals surface area contributed by atoms with Crippen LogP contribution in [0.4, 0.5) is 11.5 Å². The van der Waals surface area contributed by atoms with Crippen LogP contribution < -0.4 is 15.5 Å². The van der Waals surface area contributed by atoms with E-state index in [9.17, 15) is 4.79 Å². The van der Waals surface area contributed by atoms with Crippen molar-refractivity contribution in [2.45, 2.75) is 32.7 Å². The number of hydrogen-bond acceptors (Lipinski definition) is 5. The molecule has 3 rings (SSSR count). The van der Waals surface area contributed by atoms with Crippen LogP contribution in [0, 0.1) is 6.92 Å². The van der Waals surface area contributed by atoms with Gasteiger partial charge in [0.25, 0.3) is 0 Å². The van der Waals surface area contributed by atoms with Crippen LogP contribution in [0.1, 0.15) is 31.3 Å². The fraction of sp³-hybridized carbons (Fsp3) is 0.615. The van der Waals surface area contributed by atoms with Crippen LogP contribution in [0.5, 0.6) is 0 Å². The molecule has 1 aromatic rings. The van der Waals surface area contributed by atoms with Crippen LogP contribution >= 0.6 is 0 Å². The van der Waals surface area contributed by atoms with Crippen molar-refractivity contribution in [3.05, 3.63) is 11.5 Å². The van der Waals surface area contributed by atoms with Gasteiger partial charge in [0, 0.05) is 19.6 Å². The summed E-state index contributed by atoms with van der Waals surface area (Å²) < 4.78 is 0. The van der Waals surface area contributed by atoms with Crippen molar-refractivity contribution in [1.29, 1.82) is 0 Å². The van der Waals surface area contributed by atoms with E-state index in [1.807, 2.05) is 6.92 Å². The van der Waals surface area contributed by atoms with Crippen molar-refractivity contribution < 1.29 is 4.79 Å². The highest BCUT2D eigenvalue weighted by Crippen LogP contribution is 2.35. The maximum atomic E-state index is 12.2. The predicted octanol–water partition coefficient (Wildman–Crippen LogP) is 0.639. The molecule has 19 heavy (non-hydrogen) atoms. The minimum Gasteiger partial charge on any atom is -0.340 e. The molecule has 0 spiro atoms. The van der Waals surface area contributed by atoms with E-state index < -0.39 is 0 Å². The molecule has 0 bridgehead atoms. The molecule has 0 aliphatic carbocycles. The largest absolute Gasteiger partial charge is 0.340 e. The molecule has 0 aromatic carbocycles. The fourth-order valence-corrected chi connectivity index (χ4v) is 2.72. The van der Waals surface area contributed by atoms with E-state index in [2.05, 4.69) is 39.3 Å². The van der Waals surface area contributed by atoms with Crippen LogP contribution in [-0.4, -0.2) is 41.6 Å². The first-order chi connectivity index (χ1) is 9.08.